The number of hydrogen-bond acceptors (Lipinski definition) is 6. The number of ether oxygens (including phenoxy) is 1. The molecule has 2 N–H and O–H groups in total. The molecule has 0 unspecified atom stereocenters. The number of nitrogens with two attached hydrogens (primary N) is 1. The predicted octanol–water partition coefficient (Wildman–Crippen LogP) is 2.63. The van der Waals surface area contributed by atoms with Crippen LogP contribution in [0.15, 0.2) is 36.7 Å². The van der Waals surface area contributed by atoms with E-state index < -0.39 is 0 Å². The number of carbonyl (C=O) groups excluding carboxylic acids is 1. The average Bonchev–Trinajstić information content (AvgIpc) is 3.05. The summed E-state index contributed by atoms with van der Waals surface area (Å²) in [5.41, 5.74) is 8.73. The Balaban J connectivity index is 1.96. The Bertz CT molecular complexity index is 1050. The third-order valence-corrected chi connectivity index (χ3v) is 4.17. The average molecular weight is 378 g/mol. The van der Waals surface area contributed by atoms with Crippen LogP contribution in [-0.2, 0) is 9.53 Å². The molecule has 28 heavy (non-hydrogen) atoms. The van der Waals surface area contributed by atoms with Crippen LogP contribution >= 0.6 is 0 Å². The topological polar surface area (TPSA) is 110 Å². The molecule has 2 aromatic heterocycles. The standard InChI is InChI=1S/C20H22N6O2/c1-20(2,3)28-8-7-25(13-27)16-6-4-5-14(9-16)17-10-15(11-21)18-19(22)23-12-24-26(17)18/h4-6,9-10,12-13H,7-8H2,1-3H3,(H2,22,23,24). The summed E-state index contributed by atoms with van der Waals surface area (Å²) in [5.74, 6) is 0.239. The highest BCUT2D eigenvalue weighted by Crippen LogP contribution is 2.29. The van der Waals surface area contributed by atoms with Gasteiger partial charge in [0, 0.05) is 17.8 Å². The van der Waals surface area contributed by atoms with Gasteiger partial charge in [0.05, 0.1) is 23.5 Å². The van der Waals surface area contributed by atoms with Crippen molar-refractivity contribution in [1.29, 1.82) is 5.26 Å². The maximum atomic E-state index is 11.6. The monoisotopic (exact) mass is 378 g/mol. The fourth-order valence-electron chi connectivity index (χ4n) is 2.90. The molecule has 0 saturated carbocycles. The van der Waals surface area contributed by atoms with Crippen LogP contribution in [0.25, 0.3) is 16.8 Å². The maximum absolute atomic E-state index is 11.6. The number of nitrogens with zero attached hydrogens (tertiary/aromatic N) is 5. The highest BCUT2D eigenvalue weighted by molar-refractivity contribution is 5.83. The van der Waals surface area contributed by atoms with E-state index in [4.69, 9.17) is 10.5 Å². The fraction of sp³-hybridized carbons (Fsp3) is 0.300. The Labute approximate surface area is 163 Å². The Morgan fingerprint density at radius 2 is 2.14 bits per heavy atom. The van der Waals surface area contributed by atoms with E-state index in [-0.39, 0.29) is 11.4 Å². The molecule has 1 amide bonds. The van der Waals surface area contributed by atoms with Crippen molar-refractivity contribution in [2.24, 2.45) is 0 Å². The second-order valence-electron chi connectivity index (χ2n) is 7.27. The van der Waals surface area contributed by atoms with Crippen molar-refractivity contribution in [3.05, 3.63) is 42.2 Å². The van der Waals surface area contributed by atoms with E-state index in [0.717, 1.165) is 17.7 Å². The number of nitriles is 1. The molecule has 0 spiro atoms. The quantitative estimate of drug-likeness (QED) is 0.660. The minimum absolute atomic E-state index is 0.239. The van der Waals surface area contributed by atoms with E-state index in [1.165, 1.54) is 6.33 Å². The minimum atomic E-state index is -0.269. The normalized spacial score (nSPS) is 11.4. The van der Waals surface area contributed by atoms with Gasteiger partial charge in [-0.05, 0) is 39.0 Å². The SMILES string of the molecule is CC(C)(C)OCCN(C=O)c1cccc(-c2cc(C#N)c3c(N)ncnn23)c1. The molecule has 0 aliphatic carbocycles. The van der Waals surface area contributed by atoms with Gasteiger partial charge >= 0.3 is 0 Å². The van der Waals surface area contributed by atoms with Crippen molar-refractivity contribution >= 4 is 23.4 Å². The molecule has 2 heterocycles. The molecule has 144 valence electrons. The van der Waals surface area contributed by atoms with Crippen LogP contribution in [0.5, 0.6) is 0 Å². The van der Waals surface area contributed by atoms with E-state index in [0.29, 0.717) is 29.9 Å². The number of carbonyl (C=O) groups is 1. The van der Waals surface area contributed by atoms with Crippen LogP contribution in [0.2, 0.25) is 0 Å². The van der Waals surface area contributed by atoms with Gasteiger partial charge in [-0.2, -0.15) is 10.4 Å². The Kier molecular flexibility index (Phi) is 5.29. The molecule has 0 saturated heterocycles. The summed E-state index contributed by atoms with van der Waals surface area (Å²) >= 11 is 0. The first-order chi connectivity index (χ1) is 13.3. The van der Waals surface area contributed by atoms with Crippen LogP contribution in [0.1, 0.15) is 26.3 Å². The molecule has 0 atom stereocenters. The zero-order valence-corrected chi connectivity index (χ0v) is 16.1. The zero-order valence-electron chi connectivity index (χ0n) is 16.1. The lowest BCUT2D eigenvalue weighted by molar-refractivity contribution is -0.107. The Hall–Kier alpha value is -3.44. The lowest BCUT2D eigenvalue weighted by atomic mass is 10.1. The zero-order chi connectivity index (χ0) is 20.3. The van der Waals surface area contributed by atoms with Crippen molar-refractivity contribution in [1.82, 2.24) is 14.6 Å². The van der Waals surface area contributed by atoms with Crippen LogP contribution in [-0.4, -0.2) is 39.8 Å². The summed E-state index contributed by atoms with van der Waals surface area (Å²) in [7, 11) is 0. The Morgan fingerprint density at radius 1 is 1.36 bits per heavy atom. The smallest absolute Gasteiger partial charge is 0.214 e. The number of nitrogen functional groups attached to an aromatic ring is 1. The summed E-state index contributed by atoms with van der Waals surface area (Å²) in [4.78, 5) is 17.1. The number of benzene rings is 1. The second-order valence-corrected chi connectivity index (χ2v) is 7.27. The Morgan fingerprint density at radius 3 is 2.82 bits per heavy atom. The summed E-state index contributed by atoms with van der Waals surface area (Å²) < 4.78 is 7.31. The van der Waals surface area contributed by atoms with Crippen LogP contribution in [0, 0.1) is 11.3 Å². The molecule has 8 heteroatoms. The van der Waals surface area contributed by atoms with E-state index in [9.17, 15) is 10.1 Å². The highest BCUT2D eigenvalue weighted by Gasteiger charge is 2.16. The third kappa shape index (κ3) is 3.94. The van der Waals surface area contributed by atoms with Crippen LogP contribution in [0.3, 0.4) is 0 Å². The summed E-state index contributed by atoms with van der Waals surface area (Å²) in [6.45, 7) is 6.76. The first kappa shape index (κ1) is 19.3. The predicted molar refractivity (Wildman–Crippen MR) is 107 cm³/mol. The first-order valence-electron chi connectivity index (χ1n) is 8.82. The van der Waals surface area contributed by atoms with Gasteiger partial charge in [-0.3, -0.25) is 4.79 Å². The van der Waals surface area contributed by atoms with Crippen molar-refractivity contribution in [3.63, 3.8) is 0 Å². The lowest BCUT2D eigenvalue weighted by Crippen LogP contribution is -2.29. The van der Waals surface area contributed by atoms with Crippen molar-refractivity contribution < 1.29 is 9.53 Å². The highest BCUT2D eigenvalue weighted by atomic mass is 16.5. The van der Waals surface area contributed by atoms with Gasteiger partial charge in [0.15, 0.2) is 5.82 Å². The van der Waals surface area contributed by atoms with Gasteiger partial charge in [-0.1, -0.05) is 12.1 Å². The molecule has 3 aromatic rings. The number of anilines is 2. The van der Waals surface area contributed by atoms with Gasteiger partial charge < -0.3 is 15.4 Å². The fourth-order valence-corrected chi connectivity index (χ4v) is 2.90. The van der Waals surface area contributed by atoms with Crippen molar-refractivity contribution in [3.8, 4) is 17.3 Å². The van der Waals surface area contributed by atoms with Gasteiger partial charge in [0.2, 0.25) is 6.41 Å². The van der Waals surface area contributed by atoms with E-state index >= 15 is 0 Å². The third-order valence-electron chi connectivity index (χ3n) is 4.17. The van der Waals surface area contributed by atoms with Crippen molar-refractivity contribution in [2.45, 2.75) is 26.4 Å². The number of fused-ring (bicyclic) bond motifs is 1. The second kappa shape index (κ2) is 7.66. The molecule has 0 fully saturated rings. The minimum Gasteiger partial charge on any atom is -0.382 e. The molecule has 8 nitrogen and oxygen atoms in total. The van der Waals surface area contributed by atoms with Crippen molar-refractivity contribution in [2.75, 3.05) is 23.8 Å². The molecule has 1 aromatic carbocycles. The van der Waals surface area contributed by atoms with Crippen LogP contribution in [0.4, 0.5) is 11.5 Å². The number of hydrogen-bond donors (Lipinski definition) is 1. The van der Waals surface area contributed by atoms with Gasteiger partial charge in [0.25, 0.3) is 0 Å². The molecular weight excluding hydrogens is 356 g/mol. The molecule has 0 bridgehead atoms. The van der Waals surface area contributed by atoms with Gasteiger partial charge in [-0.15, -0.1) is 0 Å². The molecule has 0 aliphatic heterocycles. The van der Waals surface area contributed by atoms with Gasteiger partial charge in [-0.25, -0.2) is 9.50 Å². The number of rotatable bonds is 6. The molecule has 3 rings (SSSR count). The summed E-state index contributed by atoms with van der Waals surface area (Å²) in [6.07, 6.45) is 2.13. The van der Waals surface area contributed by atoms with Crippen LogP contribution < -0.4 is 10.6 Å². The molecular formula is C20H22N6O2. The first-order valence-corrected chi connectivity index (χ1v) is 8.82. The van der Waals surface area contributed by atoms with E-state index in [1.54, 1.807) is 15.5 Å². The molecule has 0 radical (unpaired) electrons. The number of amides is 1. The van der Waals surface area contributed by atoms with Gasteiger partial charge in [0.1, 0.15) is 17.9 Å². The summed E-state index contributed by atoms with van der Waals surface area (Å²) in [6, 6.07) is 11.3. The largest absolute Gasteiger partial charge is 0.382 e. The maximum Gasteiger partial charge on any atom is 0.214 e. The van der Waals surface area contributed by atoms with E-state index in [2.05, 4.69) is 16.2 Å². The number of aromatic nitrogens is 3. The summed E-state index contributed by atoms with van der Waals surface area (Å²) in [5, 5.41) is 13.7. The molecule has 0 aliphatic rings. The van der Waals surface area contributed by atoms with E-state index in [1.807, 2.05) is 45.0 Å². The lowest BCUT2D eigenvalue weighted by Gasteiger charge is -2.23.